The van der Waals surface area contributed by atoms with E-state index in [1.165, 1.54) is 25.4 Å². The molecule has 4 aromatic rings. The van der Waals surface area contributed by atoms with Crippen LogP contribution >= 0.6 is 15.9 Å². The summed E-state index contributed by atoms with van der Waals surface area (Å²) in [7, 11) is 1.48. The molecule has 0 amide bonds. The predicted octanol–water partition coefficient (Wildman–Crippen LogP) is 4.29. The summed E-state index contributed by atoms with van der Waals surface area (Å²) >= 11 is 3.15. The van der Waals surface area contributed by atoms with E-state index in [0.29, 0.717) is 38.3 Å². The first-order chi connectivity index (χ1) is 13.5. The standard InChI is InChI=1S/C19H14BrF2N5O/c1-10-16-18(26-19(24-10)28-2)27(9-11-3-4-14(20)15(22)5-11)17(25-16)12-6-13(21)8-23-7-12/h3-8H,9H2,1-2H3. The second-order valence-corrected chi connectivity index (χ2v) is 6.98. The molecule has 0 aliphatic rings. The first-order valence-electron chi connectivity index (χ1n) is 8.30. The number of ether oxygens (including phenoxy) is 1. The minimum absolute atomic E-state index is 0.192. The highest BCUT2D eigenvalue weighted by Gasteiger charge is 2.19. The van der Waals surface area contributed by atoms with Gasteiger partial charge in [0.15, 0.2) is 5.65 Å². The maximum Gasteiger partial charge on any atom is 0.318 e. The molecular weight excluding hydrogens is 432 g/mol. The largest absolute Gasteiger partial charge is 0.467 e. The van der Waals surface area contributed by atoms with E-state index < -0.39 is 5.82 Å². The van der Waals surface area contributed by atoms with Gasteiger partial charge in [-0.05, 0) is 46.6 Å². The Morgan fingerprint density at radius 3 is 2.64 bits per heavy atom. The number of benzene rings is 1. The number of hydrogen-bond acceptors (Lipinski definition) is 5. The Bertz CT molecular complexity index is 1190. The molecule has 4 rings (SSSR count). The molecule has 0 radical (unpaired) electrons. The molecule has 1 aromatic carbocycles. The number of rotatable bonds is 4. The molecule has 0 unspecified atom stereocenters. The van der Waals surface area contributed by atoms with Crippen LogP contribution in [0.25, 0.3) is 22.6 Å². The summed E-state index contributed by atoms with van der Waals surface area (Å²) in [5.74, 6) is -0.401. The van der Waals surface area contributed by atoms with Crippen LogP contribution in [0.3, 0.4) is 0 Å². The molecule has 0 saturated heterocycles. The Kier molecular flexibility index (Phi) is 4.76. The quantitative estimate of drug-likeness (QED) is 0.468. The summed E-state index contributed by atoms with van der Waals surface area (Å²) in [5, 5.41) is 0. The molecule has 0 fully saturated rings. The molecule has 0 atom stereocenters. The van der Waals surface area contributed by atoms with Crippen LogP contribution in [0.5, 0.6) is 6.01 Å². The molecule has 6 nitrogen and oxygen atoms in total. The fraction of sp³-hybridized carbons (Fsp3) is 0.158. The van der Waals surface area contributed by atoms with Crippen molar-refractivity contribution in [1.82, 2.24) is 24.5 Å². The van der Waals surface area contributed by atoms with Crippen molar-refractivity contribution in [2.75, 3.05) is 7.11 Å². The first kappa shape index (κ1) is 18.4. The normalized spacial score (nSPS) is 11.2. The molecule has 0 aliphatic heterocycles. The van der Waals surface area contributed by atoms with Crippen molar-refractivity contribution < 1.29 is 13.5 Å². The predicted molar refractivity (Wildman–Crippen MR) is 103 cm³/mol. The maximum atomic E-state index is 14.0. The highest BCUT2D eigenvalue weighted by molar-refractivity contribution is 9.10. The Labute approximate surface area is 167 Å². The fourth-order valence-electron chi connectivity index (χ4n) is 2.93. The highest BCUT2D eigenvalue weighted by atomic mass is 79.9. The molecule has 0 bridgehead atoms. The number of nitrogens with zero attached hydrogens (tertiary/aromatic N) is 5. The van der Waals surface area contributed by atoms with Crippen molar-refractivity contribution in [2.24, 2.45) is 0 Å². The minimum Gasteiger partial charge on any atom is -0.467 e. The molecule has 0 saturated carbocycles. The van der Waals surface area contributed by atoms with Gasteiger partial charge in [0.05, 0.1) is 30.0 Å². The van der Waals surface area contributed by atoms with Crippen molar-refractivity contribution in [3.05, 3.63) is 64.0 Å². The second-order valence-electron chi connectivity index (χ2n) is 6.13. The lowest BCUT2D eigenvalue weighted by atomic mass is 10.2. The Morgan fingerprint density at radius 2 is 1.93 bits per heavy atom. The lowest BCUT2D eigenvalue weighted by molar-refractivity contribution is 0.380. The number of aromatic nitrogens is 5. The van der Waals surface area contributed by atoms with E-state index in [4.69, 9.17) is 4.74 Å². The lowest BCUT2D eigenvalue weighted by Gasteiger charge is -2.10. The van der Waals surface area contributed by atoms with Gasteiger partial charge in [0.2, 0.25) is 0 Å². The van der Waals surface area contributed by atoms with E-state index >= 15 is 0 Å². The van der Waals surface area contributed by atoms with Crippen molar-refractivity contribution in [1.29, 1.82) is 0 Å². The van der Waals surface area contributed by atoms with Crippen LogP contribution in [-0.4, -0.2) is 31.6 Å². The van der Waals surface area contributed by atoms with Crippen molar-refractivity contribution in [2.45, 2.75) is 13.5 Å². The van der Waals surface area contributed by atoms with E-state index in [1.807, 2.05) is 0 Å². The third-order valence-corrected chi connectivity index (χ3v) is 4.86. The third kappa shape index (κ3) is 3.33. The number of imidazole rings is 1. The van der Waals surface area contributed by atoms with Gasteiger partial charge >= 0.3 is 6.01 Å². The zero-order valence-electron chi connectivity index (χ0n) is 14.9. The molecule has 3 aromatic heterocycles. The van der Waals surface area contributed by atoms with Crippen molar-refractivity contribution in [3.8, 4) is 17.4 Å². The van der Waals surface area contributed by atoms with Gasteiger partial charge in [-0.1, -0.05) is 6.07 Å². The van der Waals surface area contributed by atoms with E-state index in [1.54, 1.807) is 23.6 Å². The van der Waals surface area contributed by atoms with Gasteiger partial charge in [0, 0.05) is 11.8 Å². The van der Waals surface area contributed by atoms with Gasteiger partial charge in [-0.2, -0.15) is 9.97 Å². The first-order valence-corrected chi connectivity index (χ1v) is 9.09. The summed E-state index contributed by atoms with van der Waals surface area (Å²) in [6.45, 7) is 2.06. The van der Waals surface area contributed by atoms with E-state index in [9.17, 15) is 8.78 Å². The summed E-state index contributed by atoms with van der Waals surface area (Å²) in [4.78, 5) is 17.2. The molecule has 0 spiro atoms. The average molecular weight is 446 g/mol. The van der Waals surface area contributed by atoms with E-state index in [2.05, 4.69) is 35.9 Å². The monoisotopic (exact) mass is 445 g/mol. The van der Waals surface area contributed by atoms with Crippen molar-refractivity contribution >= 4 is 27.1 Å². The minimum atomic E-state index is -0.480. The Morgan fingerprint density at radius 1 is 1.11 bits per heavy atom. The number of hydrogen-bond donors (Lipinski definition) is 0. The molecule has 9 heteroatoms. The maximum absolute atomic E-state index is 14.0. The second kappa shape index (κ2) is 7.23. The molecule has 0 N–H and O–H groups in total. The van der Waals surface area contributed by atoms with Crippen LogP contribution in [0.1, 0.15) is 11.3 Å². The van der Waals surface area contributed by atoms with Crippen LogP contribution in [0.2, 0.25) is 0 Å². The van der Waals surface area contributed by atoms with Crippen molar-refractivity contribution in [3.63, 3.8) is 0 Å². The Hall–Kier alpha value is -2.94. The zero-order valence-corrected chi connectivity index (χ0v) is 16.5. The number of pyridine rings is 1. The highest BCUT2D eigenvalue weighted by Crippen LogP contribution is 2.28. The van der Waals surface area contributed by atoms with Gasteiger partial charge in [0.25, 0.3) is 0 Å². The van der Waals surface area contributed by atoms with Gasteiger partial charge in [-0.3, -0.25) is 4.98 Å². The van der Waals surface area contributed by atoms with Crippen LogP contribution in [0, 0.1) is 18.6 Å². The van der Waals surface area contributed by atoms with Crippen LogP contribution in [0.15, 0.2) is 41.1 Å². The van der Waals surface area contributed by atoms with Gasteiger partial charge < -0.3 is 9.30 Å². The molecule has 28 heavy (non-hydrogen) atoms. The molecule has 3 heterocycles. The number of methoxy groups -OCH3 is 1. The molecule has 0 aliphatic carbocycles. The smallest absolute Gasteiger partial charge is 0.318 e. The van der Waals surface area contributed by atoms with E-state index in [-0.39, 0.29) is 18.4 Å². The third-order valence-electron chi connectivity index (χ3n) is 4.22. The topological polar surface area (TPSA) is 65.7 Å². The summed E-state index contributed by atoms with van der Waals surface area (Å²) in [6.07, 6.45) is 2.64. The fourth-order valence-corrected chi connectivity index (χ4v) is 3.18. The van der Waals surface area contributed by atoms with E-state index in [0.717, 1.165) is 6.20 Å². The number of halogens is 3. The van der Waals surface area contributed by atoms with Gasteiger partial charge in [-0.15, -0.1) is 0 Å². The molecule has 142 valence electrons. The summed E-state index contributed by atoms with van der Waals surface area (Å²) in [6, 6.07) is 6.38. The average Bonchev–Trinajstić information content (AvgIpc) is 3.03. The van der Waals surface area contributed by atoms with Gasteiger partial charge in [-0.25, -0.2) is 13.8 Å². The molecular formula is C19H14BrF2N5O. The SMILES string of the molecule is COc1nc(C)c2nc(-c3cncc(F)c3)n(Cc3ccc(Br)c(F)c3)c2n1. The summed E-state index contributed by atoms with van der Waals surface area (Å²) < 4.78 is 35.1. The lowest BCUT2D eigenvalue weighted by Crippen LogP contribution is -2.05. The van der Waals surface area contributed by atoms with Gasteiger partial charge in [0.1, 0.15) is 23.0 Å². The van der Waals surface area contributed by atoms with Crippen LogP contribution < -0.4 is 4.74 Å². The number of aryl methyl sites for hydroxylation is 1. The van der Waals surface area contributed by atoms with Crippen LogP contribution in [-0.2, 0) is 6.54 Å². The Balaban J connectivity index is 1.95. The summed E-state index contributed by atoms with van der Waals surface area (Å²) in [5.41, 5.74) is 2.85. The van der Waals surface area contributed by atoms with Crippen LogP contribution in [0.4, 0.5) is 8.78 Å². The zero-order chi connectivity index (χ0) is 19.8. The number of fused-ring (bicyclic) bond motifs is 1.